The van der Waals surface area contributed by atoms with Crippen LogP contribution in [0.3, 0.4) is 0 Å². The van der Waals surface area contributed by atoms with E-state index in [1.54, 1.807) is 18.2 Å². The molecule has 0 spiro atoms. The highest BCUT2D eigenvalue weighted by Gasteiger charge is 2.13. The van der Waals surface area contributed by atoms with Crippen molar-refractivity contribution >= 4 is 16.8 Å². The molecule has 2 rings (SSSR count). The number of carbonyl (C=O) groups is 1. The lowest BCUT2D eigenvalue weighted by molar-refractivity contribution is 0.0963. The number of hydrogen-bond acceptors (Lipinski definition) is 3. The molecule has 0 radical (unpaired) electrons. The molecule has 1 aromatic carbocycles. The van der Waals surface area contributed by atoms with Crippen LogP contribution in [-0.2, 0) is 0 Å². The predicted octanol–water partition coefficient (Wildman–Crippen LogP) is 2.62. The topological polar surface area (TPSA) is 82.2 Å². The molecular weight excluding hydrogens is 268 g/mol. The van der Waals surface area contributed by atoms with Gasteiger partial charge in [0.05, 0.1) is 0 Å². The van der Waals surface area contributed by atoms with E-state index in [1.807, 2.05) is 13.0 Å². The van der Waals surface area contributed by atoms with E-state index in [9.17, 15) is 9.59 Å². The SMILES string of the molecule is C=C(O)/C=C(\CC)NC(=O)c1c[nH]c2ccccc2c1=O. The molecule has 2 aromatic rings. The van der Waals surface area contributed by atoms with Gasteiger partial charge in [0.15, 0.2) is 0 Å². The van der Waals surface area contributed by atoms with Crippen LogP contribution in [0.1, 0.15) is 23.7 Å². The van der Waals surface area contributed by atoms with Crippen molar-refractivity contribution in [3.05, 3.63) is 70.4 Å². The quantitative estimate of drug-likeness (QED) is 0.596. The van der Waals surface area contributed by atoms with Crippen LogP contribution in [0.5, 0.6) is 0 Å². The number of hydrogen-bond donors (Lipinski definition) is 3. The molecule has 1 amide bonds. The Bertz CT molecular complexity index is 787. The van der Waals surface area contributed by atoms with Crippen molar-refractivity contribution < 1.29 is 9.90 Å². The first-order valence-electron chi connectivity index (χ1n) is 6.53. The molecule has 3 N–H and O–H groups in total. The second-order valence-electron chi connectivity index (χ2n) is 4.55. The summed E-state index contributed by atoms with van der Waals surface area (Å²) in [5.41, 5.74) is 0.853. The number of pyridine rings is 1. The van der Waals surface area contributed by atoms with Crippen molar-refractivity contribution in [3.8, 4) is 0 Å². The van der Waals surface area contributed by atoms with Gasteiger partial charge in [-0.1, -0.05) is 25.6 Å². The van der Waals surface area contributed by atoms with Gasteiger partial charge in [-0.3, -0.25) is 9.59 Å². The fourth-order valence-corrected chi connectivity index (χ4v) is 1.98. The maximum absolute atomic E-state index is 12.3. The first kappa shape index (κ1) is 14.6. The average molecular weight is 284 g/mol. The van der Waals surface area contributed by atoms with E-state index < -0.39 is 5.91 Å². The van der Waals surface area contributed by atoms with Gasteiger partial charge in [0, 0.05) is 22.8 Å². The van der Waals surface area contributed by atoms with Crippen molar-refractivity contribution in [1.29, 1.82) is 0 Å². The third-order valence-corrected chi connectivity index (χ3v) is 3.03. The minimum absolute atomic E-state index is 0.0246. The number of allylic oxidation sites excluding steroid dienone is 2. The maximum Gasteiger partial charge on any atom is 0.260 e. The highest BCUT2D eigenvalue weighted by Crippen LogP contribution is 2.08. The molecular formula is C16H16N2O3. The number of aliphatic hydroxyl groups is 1. The van der Waals surface area contributed by atoms with E-state index in [4.69, 9.17) is 5.11 Å². The number of aromatic nitrogens is 1. The van der Waals surface area contributed by atoms with Crippen molar-refractivity contribution in [2.75, 3.05) is 0 Å². The molecule has 5 nitrogen and oxygen atoms in total. The summed E-state index contributed by atoms with van der Waals surface area (Å²) in [5, 5.41) is 12.2. The lowest BCUT2D eigenvalue weighted by atomic mass is 10.1. The first-order valence-corrected chi connectivity index (χ1v) is 6.53. The number of para-hydroxylation sites is 1. The molecule has 1 heterocycles. The Kier molecular flexibility index (Phi) is 4.23. The van der Waals surface area contributed by atoms with Gasteiger partial charge in [-0.2, -0.15) is 0 Å². The van der Waals surface area contributed by atoms with E-state index in [-0.39, 0.29) is 16.8 Å². The molecule has 0 bridgehead atoms. The molecule has 0 aliphatic carbocycles. The molecule has 1 aromatic heterocycles. The molecule has 0 saturated carbocycles. The molecule has 0 fully saturated rings. The van der Waals surface area contributed by atoms with Crippen LogP contribution in [0.15, 0.2) is 59.4 Å². The summed E-state index contributed by atoms with van der Waals surface area (Å²) in [6.45, 7) is 5.16. The average Bonchev–Trinajstić information content (AvgIpc) is 2.46. The van der Waals surface area contributed by atoms with E-state index in [1.165, 1.54) is 12.3 Å². The Morgan fingerprint density at radius 3 is 2.81 bits per heavy atom. The number of aromatic amines is 1. The van der Waals surface area contributed by atoms with Crippen molar-refractivity contribution in [2.24, 2.45) is 0 Å². The summed E-state index contributed by atoms with van der Waals surface area (Å²) >= 11 is 0. The highest BCUT2D eigenvalue weighted by atomic mass is 16.3. The summed E-state index contributed by atoms with van der Waals surface area (Å²) in [7, 11) is 0. The minimum Gasteiger partial charge on any atom is -0.509 e. The third kappa shape index (κ3) is 3.20. The first-order chi connectivity index (χ1) is 10.0. The second-order valence-corrected chi connectivity index (χ2v) is 4.55. The number of fused-ring (bicyclic) bond motifs is 1. The number of amides is 1. The van der Waals surface area contributed by atoms with Gasteiger partial charge in [-0.25, -0.2) is 0 Å². The number of benzene rings is 1. The van der Waals surface area contributed by atoms with Gasteiger partial charge in [0.25, 0.3) is 5.91 Å². The second kappa shape index (κ2) is 6.09. The van der Waals surface area contributed by atoms with Gasteiger partial charge >= 0.3 is 0 Å². The Balaban J connectivity index is 2.38. The lowest BCUT2D eigenvalue weighted by Crippen LogP contribution is -2.28. The van der Waals surface area contributed by atoms with Crippen LogP contribution in [0, 0.1) is 0 Å². The summed E-state index contributed by atoms with van der Waals surface area (Å²) in [5.74, 6) is -0.670. The monoisotopic (exact) mass is 284 g/mol. The van der Waals surface area contributed by atoms with Gasteiger partial charge < -0.3 is 15.4 Å². The Morgan fingerprint density at radius 2 is 2.14 bits per heavy atom. The van der Waals surface area contributed by atoms with Crippen LogP contribution in [0.25, 0.3) is 10.9 Å². The Morgan fingerprint density at radius 1 is 1.43 bits per heavy atom. The molecule has 21 heavy (non-hydrogen) atoms. The fourth-order valence-electron chi connectivity index (χ4n) is 1.98. The van der Waals surface area contributed by atoms with Crippen LogP contribution in [0.2, 0.25) is 0 Å². The van der Waals surface area contributed by atoms with Gasteiger partial charge in [-0.05, 0) is 24.6 Å². The fraction of sp³-hybridized carbons (Fsp3) is 0.125. The highest BCUT2D eigenvalue weighted by molar-refractivity contribution is 5.97. The molecule has 5 heteroatoms. The standard InChI is InChI=1S/C16H16N2O3/c1-3-11(8-10(2)19)18-16(21)13-9-17-14-7-5-4-6-12(14)15(13)20/h4-9,19H,2-3H2,1H3,(H,17,20)(H,18,21)/b11-8+. The summed E-state index contributed by atoms with van der Waals surface area (Å²) in [4.78, 5) is 27.4. The van der Waals surface area contributed by atoms with E-state index in [0.717, 1.165) is 0 Å². The van der Waals surface area contributed by atoms with E-state index >= 15 is 0 Å². The number of H-pyrrole nitrogens is 1. The lowest BCUT2D eigenvalue weighted by Gasteiger charge is -2.08. The number of nitrogens with one attached hydrogen (secondary N) is 2. The molecule has 0 atom stereocenters. The van der Waals surface area contributed by atoms with Crippen molar-refractivity contribution in [3.63, 3.8) is 0 Å². The predicted molar refractivity (Wildman–Crippen MR) is 82.2 cm³/mol. The summed E-state index contributed by atoms with van der Waals surface area (Å²) in [6, 6.07) is 6.98. The van der Waals surface area contributed by atoms with Gasteiger partial charge in [-0.15, -0.1) is 0 Å². The smallest absolute Gasteiger partial charge is 0.260 e. The normalized spacial score (nSPS) is 11.4. The number of aliphatic hydroxyl groups excluding tert-OH is 1. The summed E-state index contributed by atoms with van der Waals surface area (Å²) in [6.07, 6.45) is 3.24. The largest absolute Gasteiger partial charge is 0.509 e. The van der Waals surface area contributed by atoms with E-state index in [2.05, 4.69) is 16.9 Å². The van der Waals surface area contributed by atoms with E-state index in [0.29, 0.717) is 23.0 Å². The zero-order chi connectivity index (χ0) is 15.4. The number of rotatable bonds is 4. The Hall–Kier alpha value is -2.82. The summed E-state index contributed by atoms with van der Waals surface area (Å²) < 4.78 is 0. The van der Waals surface area contributed by atoms with Crippen molar-refractivity contribution in [2.45, 2.75) is 13.3 Å². The van der Waals surface area contributed by atoms with Gasteiger partial charge in [0.1, 0.15) is 11.3 Å². The molecule has 108 valence electrons. The van der Waals surface area contributed by atoms with Crippen molar-refractivity contribution in [1.82, 2.24) is 10.3 Å². The zero-order valence-electron chi connectivity index (χ0n) is 11.6. The molecule has 0 unspecified atom stereocenters. The van der Waals surface area contributed by atoms with Crippen LogP contribution < -0.4 is 10.7 Å². The molecule has 0 aliphatic heterocycles. The Labute approximate surface area is 121 Å². The maximum atomic E-state index is 12.3. The minimum atomic E-state index is -0.517. The van der Waals surface area contributed by atoms with Crippen LogP contribution >= 0.6 is 0 Å². The molecule has 0 aliphatic rings. The molecule has 0 saturated heterocycles. The van der Waals surface area contributed by atoms with Crippen LogP contribution in [0.4, 0.5) is 0 Å². The third-order valence-electron chi connectivity index (χ3n) is 3.03. The zero-order valence-corrected chi connectivity index (χ0v) is 11.6. The van der Waals surface area contributed by atoms with Crippen LogP contribution in [-0.4, -0.2) is 16.0 Å². The van der Waals surface area contributed by atoms with Gasteiger partial charge in [0.2, 0.25) is 5.43 Å². The number of carbonyl (C=O) groups excluding carboxylic acids is 1.